The molecule has 4 nitrogen and oxygen atoms in total. The fourth-order valence-electron chi connectivity index (χ4n) is 3.75. The molecular weight excluding hydrogens is 372 g/mol. The fraction of sp³-hybridized carbons (Fsp3) is 0.391. The topological polar surface area (TPSA) is 49.4 Å². The van der Waals surface area contributed by atoms with Gasteiger partial charge in [0.15, 0.2) is 0 Å². The quantitative estimate of drug-likeness (QED) is 0.793. The Morgan fingerprint density at radius 3 is 2.32 bits per heavy atom. The Morgan fingerprint density at radius 2 is 1.71 bits per heavy atom. The molecular formula is C23H27ClN2O2. The van der Waals surface area contributed by atoms with E-state index in [-0.39, 0.29) is 11.8 Å². The summed E-state index contributed by atoms with van der Waals surface area (Å²) in [5.41, 5.74) is 2.23. The van der Waals surface area contributed by atoms with Crippen molar-refractivity contribution in [1.29, 1.82) is 0 Å². The lowest BCUT2D eigenvalue weighted by atomic mass is 9.89. The van der Waals surface area contributed by atoms with Crippen molar-refractivity contribution in [2.45, 2.75) is 44.6 Å². The van der Waals surface area contributed by atoms with Crippen LogP contribution in [0, 0.1) is 0 Å². The zero-order valence-corrected chi connectivity index (χ0v) is 17.0. The van der Waals surface area contributed by atoms with Crippen LogP contribution in [0.2, 0.25) is 5.02 Å². The Morgan fingerprint density at radius 1 is 1.07 bits per heavy atom. The molecule has 1 atom stereocenters. The Labute approximate surface area is 171 Å². The molecule has 0 aromatic heterocycles. The Kier molecular flexibility index (Phi) is 7.10. The van der Waals surface area contributed by atoms with Crippen LogP contribution in [0.5, 0.6) is 0 Å². The standard InChI is InChI=1S/C23H27ClN2O2/c1-2-21(25-22(27)16-17-6-4-3-5-7-17)23(28)26-14-12-19(13-15-26)18-8-10-20(24)11-9-18/h3-11,19,21H,2,12-16H2,1H3,(H,25,27)/t21-/m1/s1. The van der Waals surface area contributed by atoms with Gasteiger partial charge in [0.1, 0.15) is 6.04 Å². The molecule has 1 aliphatic heterocycles. The van der Waals surface area contributed by atoms with E-state index in [0.29, 0.717) is 18.8 Å². The molecule has 5 heteroatoms. The summed E-state index contributed by atoms with van der Waals surface area (Å²) in [5.74, 6) is 0.370. The van der Waals surface area contributed by atoms with Gasteiger partial charge < -0.3 is 10.2 Å². The predicted octanol–water partition coefficient (Wildman–Crippen LogP) is 4.18. The Balaban J connectivity index is 1.52. The van der Waals surface area contributed by atoms with Crippen LogP contribution in [-0.4, -0.2) is 35.8 Å². The minimum Gasteiger partial charge on any atom is -0.344 e. The number of carbonyl (C=O) groups excluding carboxylic acids is 2. The van der Waals surface area contributed by atoms with E-state index in [4.69, 9.17) is 11.6 Å². The molecule has 3 rings (SSSR count). The van der Waals surface area contributed by atoms with Gasteiger partial charge in [-0.05, 0) is 48.4 Å². The summed E-state index contributed by atoms with van der Waals surface area (Å²) in [5, 5.41) is 3.66. The second-order valence-corrected chi connectivity index (χ2v) is 7.78. The number of hydrogen-bond acceptors (Lipinski definition) is 2. The van der Waals surface area contributed by atoms with Crippen molar-refractivity contribution in [3.63, 3.8) is 0 Å². The van der Waals surface area contributed by atoms with E-state index in [2.05, 4.69) is 17.4 Å². The van der Waals surface area contributed by atoms with Crippen LogP contribution in [0.1, 0.15) is 43.2 Å². The van der Waals surface area contributed by atoms with Gasteiger partial charge >= 0.3 is 0 Å². The molecule has 148 valence electrons. The van der Waals surface area contributed by atoms with Gasteiger partial charge in [-0.2, -0.15) is 0 Å². The molecule has 1 fully saturated rings. The van der Waals surface area contributed by atoms with E-state index in [1.54, 1.807) is 0 Å². The highest BCUT2D eigenvalue weighted by atomic mass is 35.5. The maximum absolute atomic E-state index is 12.9. The van der Waals surface area contributed by atoms with E-state index in [9.17, 15) is 9.59 Å². The van der Waals surface area contributed by atoms with E-state index in [1.165, 1.54) is 5.56 Å². The number of nitrogens with zero attached hydrogens (tertiary/aromatic N) is 1. The molecule has 1 heterocycles. The third kappa shape index (κ3) is 5.35. The molecule has 0 unspecified atom stereocenters. The van der Waals surface area contributed by atoms with Gasteiger partial charge in [-0.25, -0.2) is 0 Å². The minimum absolute atomic E-state index is 0.0264. The lowest BCUT2D eigenvalue weighted by Crippen LogP contribution is -2.50. The molecule has 0 spiro atoms. The van der Waals surface area contributed by atoms with Crippen LogP contribution in [0.25, 0.3) is 0 Å². The molecule has 1 N–H and O–H groups in total. The molecule has 2 aromatic rings. The lowest BCUT2D eigenvalue weighted by Gasteiger charge is -2.34. The summed E-state index contributed by atoms with van der Waals surface area (Å²) in [6.07, 6.45) is 2.75. The van der Waals surface area contributed by atoms with Crippen molar-refractivity contribution < 1.29 is 9.59 Å². The zero-order chi connectivity index (χ0) is 19.9. The summed E-state index contributed by atoms with van der Waals surface area (Å²) < 4.78 is 0. The maximum Gasteiger partial charge on any atom is 0.245 e. The Bertz CT molecular complexity index is 784. The van der Waals surface area contributed by atoms with Crippen molar-refractivity contribution in [1.82, 2.24) is 10.2 Å². The number of halogens is 1. The zero-order valence-electron chi connectivity index (χ0n) is 16.2. The van der Waals surface area contributed by atoms with Crippen LogP contribution in [0.3, 0.4) is 0 Å². The molecule has 1 saturated heterocycles. The highest BCUT2D eigenvalue weighted by Gasteiger charge is 2.28. The van der Waals surface area contributed by atoms with Crippen LogP contribution in [0.15, 0.2) is 54.6 Å². The summed E-state index contributed by atoms with van der Waals surface area (Å²) in [7, 11) is 0. The first-order valence-corrected chi connectivity index (χ1v) is 10.3. The van der Waals surface area contributed by atoms with Gasteiger partial charge in [0.2, 0.25) is 11.8 Å². The second-order valence-electron chi connectivity index (χ2n) is 7.34. The largest absolute Gasteiger partial charge is 0.344 e. The second kappa shape index (κ2) is 9.74. The molecule has 0 aliphatic carbocycles. The predicted molar refractivity (Wildman–Crippen MR) is 112 cm³/mol. The lowest BCUT2D eigenvalue weighted by molar-refractivity contribution is -0.137. The number of hydrogen-bond donors (Lipinski definition) is 1. The number of amides is 2. The minimum atomic E-state index is -0.455. The van der Waals surface area contributed by atoms with Gasteiger partial charge in [0.25, 0.3) is 0 Å². The summed E-state index contributed by atoms with van der Waals surface area (Å²) in [6, 6.07) is 17.1. The smallest absolute Gasteiger partial charge is 0.245 e. The number of likely N-dealkylation sites (tertiary alicyclic amines) is 1. The number of carbonyl (C=O) groups is 2. The van der Waals surface area contributed by atoms with Crippen LogP contribution in [0.4, 0.5) is 0 Å². The number of benzene rings is 2. The average molecular weight is 399 g/mol. The number of nitrogens with one attached hydrogen (secondary N) is 1. The van der Waals surface area contributed by atoms with Gasteiger partial charge in [-0.3, -0.25) is 9.59 Å². The third-order valence-electron chi connectivity index (χ3n) is 5.40. The van der Waals surface area contributed by atoms with E-state index in [0.717, 1.165) is 36.5 Å². The van der Waals surface area contributed by atoms with Crippen LogP contribution >= 0.6 is 11.6 Å². The first kappa shape index (κ1) is 20.4. The summed E-state index contributed by atoms with van der Waals surface area (Å²) in [6.45, 7) is 3.38. The molecule has 28 heavy (non-hydrogen) atoms. The monoisotopic (exact) mass is 398 g/mol. The first-order chi connectivity index (χ1) is 13.6. The average Bonchev–Trinajstić information content (AvgIpc) is 2.73. The van der Waals surface area contributed by atoms with Gasteiger partial charge in [0.05, 0.1) is 6.42 Å². The molecule has 2 aromatic carbocycles. The van der Waals surface area contributed by atoms with Gasteiger partial charge in [0, 0.05) is 18.1 Å². The number of piperidine rings is 1. The van der Waals surface area contributed by atoms with Crippen molar-refractivity contribution in [3.8, 4) is 0 Å². The highest BCUT2D eigenvalue weighted by Crippen LogP contribution is 2.29. The third-order valence-corrected chi connectivity index (χ3v) is 5.65. The number of rotatable bonds is 6. The van der Waals surface area contributed by atoms with E-state index < -0.39 is 6.04 Å². The Hall–Kier alpha value is -2.33. The van der Waals surface area contributed by atoms with Crippen LogP contribution < -0.4 is 5.32 Å². The van der Waals surface area contributed by atoms with Crippen molar-refractivity contribution in [3.05, 3.63) is 70.7 Å². The van der Waals surface area contributed by atoms with Crippen molar-refractivity contribution >= 4 is 23.4 Å². The van der Waals surface area contributed by atoms with E-state index in [1.807, 2.05) is 54.3 Å². The van der Waals surface area contributed by atoms with E-state index >= 15 is 0 Å². The highest BCUT2D eigenvalue weighted by molar-refractivity contribution is 6.30. The maximum atomic E-state index is 12.9. The molecule has 0 bridgehead atoms. The molecule has 2 amide bonds. The molecule has 0 saturated carbocycles. The normalized spacial score (nSPS) is 15.9. The van der Waals surface area contributed by atoms with Crippen LogP contribution in [-0.2, 0) is 16.0 Å². The van der Waals surface area contributed by atoms with Crippen molar-refractivity contribution in [2.75, 3.05) is 13.1 Å². The summed E-state index contributed by atoms with van der Waals surface area (Å²) >= 11 is 5.97. The van der Waals surface area contributed by atoms with Crippen molar-refractivity contribution in [2.24, 2.45) is 0 Å². The molecule has 0 radical (unpaired) electrons. The fourth-order valence-corrected chi connectivity index (χ4v) is 3.88. The van der Waals surface area contributed by atoms with Gasteiger partial charge in [-0.15, -0.1) is 0 Å². The SMILES string of the molecule is CC[C@@H](NC(=O)Cc1ccccc1)C(=O)N1CCC(c2ccc(Cl)cc2)CC1. The van der Waals surface area contributed by atoms with Gasteiger partial charge in [-0.1, -0.05) is 61.0 Å². The summed E-state index contributed by atoms with van der Waals surface area (Å²) in [4.78, 5) is 27.1. The first-order valence-electron chi connectivity index (χ1n) is 9.94. The molecule has 1 aliphatic rings.